The van der Waals surface area contributed by atoms with Crippen molar-refractivity contribution in [3.8, 4) is 11.5 Å². The topological polar surface area (TPSA) is 105 Å². The lowest BCUT2D eigenvalue weighted by Gasteiger charge is -2.16. The summed E-state index contributed by atoms with van der Waals surface area (Å²) in [7, 11) is 0. The third-order valence-electron chi connectivity index (χ3n) is 8.05. The highest BCUT2D eigenvalue weighted by Gasteiger charge is 2.45. The molecule has 0 bridgehead atoms. The summed E-state index contributed by atoms with van der Waals surface area (Å²) in [6.45, 7) is 8.56. The van der Waals surface area contributed by atoms with Crippen molar-refractivity contribution in [3.63, 3.8) is 0 Å². The predicted molar refractivity (Wildman–Crippen MR) is 168 cm³/mol. The van der Waals surface area contributed by atoms with Gasteiger partial charge in [-0.1, -0.05) is 97.3 Å². The van der Waals surface area contributed by atoms with E-state index in [1.165, 1.54) is 0 Å². The number of carbonyl (C=O) groups is 4. The first-order valence-electron chi connectivity index (χ1n) is 13.6. The van der Waals surface area contributed by atoms with Gasteiger partial charge in [-0.15, -0.1) is 0 Å². The van der Waals surface area contributed by atoms with Crippen molar-refractivity contribution in [2.24, 2.45) is 22.7 Å². The molecule has 4 rings (SSSR count). The molecule has 44 heavy (non-hydrogen) atoms. The highest BCUT2D eigenvalue weighted by Crippen LogP contribution is 2.54. The number of esters is 4. The fourth-order valence-electron chi connectivity index (χ4n) is 4.86. The molecule has 2 fully saturated rings. The van der Waals surface area contributed by atoms with Crippen molar-refractivity contribution in [2.45, 2.75) is 53.4 Å². The molecule has 2 unspecified atom stereocenters. The zero-order valence-corrected chi connectivity index (χ0v) is 28.6. The van der Waals surface area contributed by atoms with Crippen molar-refractivity contribution in [1.82, 2.24) is 0 Å². The van der Waals surface area contributed by atoms with Gasteiger partial charge >= 0.3 is 23.9 Å². The summed E-state index contributed by atoms with van der Waals surface area (Å²) in [5, 5.41) is -1.49. The number of hydrogen-bond acceptors (Lipinski definition) is 8. The second-order valence-corrected chi connectivity index (χ2v) is 14.5. The van der Waals surface area contributed by atoms with E-state index in [-0.39, 0.29) is 54.2 Å². The van der Waals surface area contributed by atoms with Gasteiger partial charge in [-0.3, -0.25) is 0 Å². The van der Waals surface area contributed by atoms with Crippen LogP contribution in [0.5, 0.6) is 11.5 Å². The van der Waals surface area contributed by atoms with Crippen molar-refractivity contribution < 1.29 is 38.1 Å². The number of ether oxygens (including phenoxy) is 4. The Hall–Kier alpha value is -1.94. The second-order valence-electron chi connectivity index (χ2n) is 12.1. The first-order valence-corrected chi connectivity index (χ1v) is 15.8. The molecule has 0 amide bonds. The maximum Gasteiger partial charge on any atom is 0.423 e. The van der Waals surface area contributed by atoms with Crippen LogP contribution in [0.25, 0.3) is 0 Å². The van der Waals surface area contributed by atoms with E-state index in [0.717, 1.165) is 25.0 Å². The first kappa shape index (κ1) is 34.9. The van der Waals surface area contributed by atoms with Crippen LogP contribution in [0.3, 0.4) is 0 Å². The van der Waals surface area contributed by atoms with Crippen LogP contribution in [-0.4, -0.2) is 37.1 Å². The van der Waals surface area contributed by atoms with E-state index >= 15 is 0 Å². The Morgan fingerprint density at radius 2 is 0.955 bits per heavy atom. The molecule has 2 aromatic rings. The molecule has 8 nitrogen and oxygen atoms in total. The van der Waals surface area contributed by atoms with Crippen LogP contribution in [0.15, 0.2) is 12.1 Å². The summed E-state index contributed by atoms with van der Waals surface area (Å²) in [4.78, 5) is 51.7. The molecule has 0 heterocycles. The minimum absolute atomic E-state index is 0.0654. The summed E-state index contributed by atoms with van der Waals surface area (Å²) in [5.74, 6) is -5.61. The summed E-state index contributed by atoms with van der Waals surface area (Å²) < 4.78 is 21.0. The third-order valence-corrected chi connectivity index (χ3v) is 10.2. The lowest BCUT2D eigenvalue weighted by Crippen LogP contribution is -2.27. The maximum atomic E-state index is 13.0. The Labute approximate surface area is 284 Å². The molecule has 2 aliphatic carbocycles. The largest absolute Gasteiger partial charge is 0.462 e. The van der Waals surface area contributed by atoms with E-state index < -0.39 is 46.5 Å². The van der Waals surface area contributed by atoms with Gasteiger partial charge in [0.2, 0.25) is 0 Å². The Kier molecular flexibility index (Phi) is 10.7. The standard InChI is InChI=1S/C30H28Cl6O8/c1-29(2)11-13(29)5-7-41-25(37)19-21(35)15(31)9-17(33)23(19)43-27(39)28(40)44-24-18(34)10-16(32)22(36)20(24)26(38)42-8-6-14-12-30(14,3)4/h9-10,13-14H,5-8,11-12H2,1-4H3. The second kappa shape index (κ2) is 13.4. The van der Waals surface area contributed by atoms with Gasteiger partial charge in [0.25, 0.3) is 0 Å². The van der Waals surface area contributed by atoms with Gasteiger partial charge < -0.3 is 18.9 Å². The van der Waals surface area contributed by atoms with Gasteiger partial charge in [0.05, 0.1) is 43.3 Å². The number of hydrogen-bond donors (Lipinski definition) is 0. The van der Waals surface area contributed by atoms with E-state index in [9.17, 15) is 19.2 Å². The Morgan fingerprint density at radius 3 is 1.25 bits per heavy atom. The van der Waals surface area contributed by atoms with Crippen LogP contribution in [0.1, 0.15) is 74.1 Å². The van der Waals surface area contributed by atoms with Gasteiger partial charge in [0.1, 0.15) is 11.1 Å². The molecular formula is C30H28Cl6O8. The van der Waals surface area contributed by atoms with Gasteiger partial charge in [0.15, 0.2) is 11.5 Å². The third kappa shape index (κ3) is 7.88. The molecule has 2 atom stereocenters. The SMILES string of the molecule is CC1(C)CC1CCOC(=O)c1c(Cl)c(Cl)cc(Cl)c1OC(=O)C(=O)Oc1c(Cl)cc(Cl)c(Cl)c1C(=O)OCCC1CC1(C)C. The van der Waals surface area contributed by atoms with Gasteiger partial charge in [-0.25, -0.2) is 19.2 Å². The molecule has 2 saturated carbocycles. The van der Waals surface area contributed by atoms with Crippen molar-refractivity contribution in [3.05, 3.63) is 53.4 Å². The number of halogens is 6. The zero-order valence-electron chi connectivity index (χ0n) is 24.1. The Morgan fingerprint density at radius 1 is 0.636 bits per heavy atom. The normalized spacial score (nSPS) is 19.1. The first-order chi connectivity index (χ1) is 20.4. The molecule has 238 valence electrons. The van der Waals surface area contributed by atoms with E-state index in [0.29, 0.717) is 24.7 Å². The van der Waals surface area contributed by atoms with Crippen molar-refractivity contribution in [1.29, 1.82) is 0 Å². The quantitative estimate of drug-likeness (QED) is 0.103. The lowest BCUT2D eigenvalue weighted by atomic mass is 10.1. The number of carbonyl (C=O) groups excluding carboxylic acids is 4. The summed E-state index contributed by atoms with van der Waals surface area (Å²) >= 11 is 37.1. The monoisotopic (exact) mass is 726 g/mol. The summed E-state index contributed by atoms with van der Waals surface area (Å²) in [6, 6.07) is 2.24. The average molecular weight is 729 g/mol. The molecule has 0 saturated heterocycles. The van der Waals surface area contributed by atoms with Gasteiger partial charge in [-0.05, 0) is 60.5 Å². The summed E-state index contributed by atoms with van der Waals surface area (Å²) in [6.07, 6.45) is 3.22. The fourth-order valence-corrected chi connectivity index (χ4v) is 6.30. The maximum absolute atomic E-state index is 13.0. The summed E-state index contributed by atoms with van der Waals surface area (Å²) in [5.41, 5.74) is -0.579. The smallest absolute Gasteiger partial charge is 0.423 e. The number of benzene rings is 2. The van der Waals surface area contributed by atoms with Gasteiger partial charge in [-0.2, -0.15) is 0 Å². The van der Waals surface area contributed by atoms with Crippen molar-refractivity contribution >= 4 is 93.5 Å². The Bertz CT molecular complexity index is 1420. The van der Waals surface area contributed by atoms with E-state index in [1.54, 1.807) is 0 Å². The average Bonchev–Trinajstić information content (AvgIpc) is 3.76. The molecule has 0 N–H and O–H groups in total. The predicted octanol–water partition coefficient (Wildman–Crippen LogP) is 9.30. The molecule has 0 radical (unpaired) electrons. The van der Waals surface area contributed by atoms with Crippen LogP contribution < -0.4 is 9.47 Å². The molecule has 0 aromatic heterocycles. The van der Waals surface area contributed by atoms with Crippen molar-refractivity contribution in [2.75, 3.05) is 13.2 Å². The van der Waals surface area contributed by atoms with Crippen LogP contribution in [-0.2, 0) is 19.1 Å². The van der Waals surface area contributed by atoms with Crippen LogP contribution in [0.4, 0.5) is 0 Å². The van der Waals surface area contributed by atoms with E-state index in [1.807, 2.05) is 0 Å². The highest BCUT2D eigenvalue weighted by atomic mass is 35.5. The van der Waals surface area contributed by atoms with Crippen LogP contribution >= 0.6 is 69.6 Å². The van der Waals surface area contributed by atoms with Crippen LogP contribution in [0.2, 0.25) is 30.1 Å². The lowest BCUT2D eigenvalue weighted by molar-refractivity contribution is -0.156. The number of rotatable bonds is 10. The minimum atomic E-state index is -1.64. The molecule has 0 aliphatic heterocycles. The van der Waals surface area contributed by atoms with Gasteiger partial charge in [0, 0.05) is 0 Å². The molecule has 2 aliphatic rings. The molecule has 14 heteroatoms. The minimum Gasteiger partial charge on any atom is -0.462 e. The molecule has 0 spiro atoms. The van der Waals surface area contributed by atoms with E-state index in [4.69, 9.17) is 88.6 Å². The molecular weight excluding hydrogens is 701 g/mol. The highest BCUT2D eigenvalue weighted by molar-refractivity contribution is 6.47. The Balaban J connectivity index is 1.50. The zero-order chi connectivity index (χ0) is 32.7. The molecule has 2 aromatic carbocycles. The fraction of sp³-hybridized carbons (Fsp3) is 0.467. The van der Waals surface area contributed by atoms with Crippen LogP contribution in [0, 0.1) is 22.7 Å². The van der Waals surface area contributed by atoms with E-state index in [2.05, 4.69) is 27.7 Å².